The van der Waals surface area contributed by atoms with E-state index in [0.717, 1.165) is 24.7 Å². The Balaban J connectivity index is 1.79. The second-order valence-electron chi connectivity index (χ2n) is 5.60. The van der Waals surface area contributed by atoms with Crippen LogP contribution in [0.15, 0.2) is 12.1 Å². The number of pyridine rings is 1. The van der Waals surface area contributed by atoms with E-state index in [0.29, 0.717) is 5.69 Å². The summed E-state index contributed by atoms with van der Waals surface area (Å²) in [5, 5.41) is 12.3. The third kappa shape index (κ3) is 3.93. The van der Waals surface area contributed by atoms with Crippen LogP contribution in [-0.4, -0.2) is 47.6 Å². The van der Waals surface area contributed by atoms with Crippen LogP contribution in [0.2, 0.25) is 0 Å². The van der Waals surface area contributed by atoms with Gasteiger partial charge < -0.3 is 15.3 Å². The highest BCUT2D eigenvalue weighted by molar-refractivity contribution is 5.89. The van der Waals surface area contributed by atoms with Crippen LogP contribution in [0.5, 0.6) is 0 Å². The summed E-state index contributed by atoms with van der Waals surface area (Å²) < 4.78 is 0. The summed E-state index contributed by atoms with van der Waals surface area (Å²) >= 11 is 0. The monoisotopic (exact) mass is 277 g/mol. The average Bonchev–Trinajstić information content (AvgIpc) is 2.41. The molecular weight excluding hydrogens is 254 g/mol. The summed E-state index contributed by atoms with van der Waals surface area (Å²) in [4.78, 5) is 17.6. The molecule has 1 aromatic rings. The predicted molar refractivity (Wildman–Crippen MR) is 79.3 cm³/mol. The summed E-state index contributed by atoms with van der Waals surface area (Å²) in [6.07, 6.45) is 3.68. The molecule has 0 radical (unpaired) electrons. The first-order valence-electron chi connectivity index (χ1n) is 7.19. The van der Waals surface area contributed by atoms with Crippen molar-refractivity contribution < 1.29 is 9.90 Å². The van der Waals surface area contributed by atoms with Crippen LogP contribution in [0.1, 0.15) is 35.3 Å². The van der Waals surface area contributed by atoms with E-state index in [1.165, 1.54) is 25.9 Å². The van der Waals surface area contributed by atoms with Crippen LogP contribution in [0.3, 0.4) is 0 Å². The number of aryl methyl sites for hydroxylation is 1. The summed E-state index contributed by atoms with van der Waals surface area (Å²) in [5.74, 6) is 0.631. The summed E-state index contributed by atoms with van der Waals surface area (Å²) in [6.45, 7) is 5.00. The molecule has 5 nitrogen and oxygen atoms in total. The molecule has 110 valence electrons. The molecule has 1 aromatic heterocycles. The highest BCUT2D eigenvalue weighted by Gasteiger charge is 2.16. The van der Waals surface area contributed by atoms with Gasteiger partial charge in [-0.1, -0.05) is 0 Å². The number of hydrogen-bond acceptors (Lipinski definition) is 4. The van der Waals surface area contributed by atoms with Gasteiger partial charge in [-0.3, -0.25) is 0 Å². The zero-order valence-corrected chi connectivity index (χ0v) is 12.2. The third-order valence-electron chi connectivity index (χ3n) is 4.01. The topological polar surface area (TPSA) is 65.5 Å². The van der Waals surface area contributed by atoms with Gasteiger partial charge in [0, 0.05) is 6.54 Å². The molecule has 20 heavy (non-hydrogen) atoms. The van der Waals surface area contributed by atoms with Crippen LogP contribution < -0.4 is 5.32 Å². The first kappa shape index (κ1) is 14.8. The number of carboxylic acids is 1. The standard InChI is InChI=1S/C15H23N3O2/c1-11-13(15(19)20)3-4-14(17-11)16-8-5-12-6-9-18(2)10-7-12/h3-4,12H,5-10H2,1-2H3,(H,16,17)(H,19,20). The van der Waals surface area contributed by atoms with E-state index in [-0.39, 0.29) is 5.56 Å². The van der Waals surface area contributed by atoms with Gasteiger partial charge in [-0.15, -0.1) is 0 Å². The molecule has 0 aromatic carbocycles. The average molecular weight is 277 g/mol. The number of likely N-dealkylation sites (tertiary alicyclic amines) is 1. The van der Waals surface area contributed by atoms with Crippen LogP contribution in [0, 0.1) is 12.8 Å². The molecule has 1 aliphatic rings. The van der Waals surface area contributed by atoms with E-state index in [1.807, 2.05) is 0 Å². The molecule has 0 atom stereocenters. The Kier molecular flexibility index (Phi) is 4.95. The Hall–Kier alpha value is -1.62. The van der Waals surface area contributed by atoms with E-state index >= 15 is 0 Å². The minimum atomic E-state index is -0.923. The van der Waals surface area contributed by atoms with Crippen molar-refractivity contribution in [1.82, 2.24) is 9.88 Å². The van der Waals surface area contributed by atoms with Gasteiger partial charge in [-0.05, 0) is 64.4 Å². The van der Waals surface area contributed by atoms with Crippen molar-refractivity contribution in [2.45, 2.75) is 26.2 Å². The largest absolute Gasteiger partial charge is 0.478 e. The molecule has 0 amide bonds. The maximum absolute atomic E-state index is 10.9. The van der Waals surface area contributed by atoms with Crippen molar-refractivity contribution in [1.29, 1.82) is 0 Å². The minimum absolute atomic E-state index is 0.269. The van der Waals surface area contributed by atoms with E-state index < -0.39 is 5.97 Å². The van der Waals surface area contributed by atoms with Crippen LogP contribution in [0.25, 0.3) is 0 Å². The number of anilines is 1. The molecule has 0 bridgehead atoms. The lowest BCUT2D eigenvalue weighted by Crippen LogP contribution is -2.30. The fourth-order valence-corrected chi connectivity index (χ4v) is 2.64. The van der Waals surface area contributed by atoms with Crippen LogP contribution >= 0.6 is 0 Å². The van der Waals surface area contributed by atoms with Gasteiger partial charge in [0.15, 0.2) is 0 Å². The van der Waals surface area contributed by atoms with Gasteiger partial charge in [0.05, 0.1) is 11.3 Å². The van der Waals surface area contributed by atoms with E-state index in [2.05, 4.69) is 22.2 Å². The smallest absolute Gasteiger partial charge is 0.337 e. The maximum atomic E-state index is 10.9. The highest BCUT2D eigenvalue weighted by Crippen LogP contribution is 2.19. The number of carboxylic acid groups (broad SMARTS) is 1. The summed E-state index contributed by atoms with van der Waals surface area (Å²) in [5.41, 5.74) is 0.827. The molecule has 0 aliphatic carbocycles. The van der Waals surface area contributed by atoms with Gasteiger partial charge in [-0.2, -0.15) is 0 Å². The summed E-state index contributed by atoms with van der Waals surface area (Å²) in [6, 6.07) is 3.35. The van der Waals surface area contributed by atoms with Crippen LogP contribution in [0.4, 0.5) is 5.82 Å². The number of hydrogen-bond donors (Lipinski definition) is 2. The van der Waals surface area contributed by atoms with Gasteiger partial charge in [0.2, 0.25) is 0 Å². The Morgan fingerprint density at radius 3 is 2.75 bits per heavy atom. The zero-order chi connectivity index (χ0) is 14.5. The quantitative estimate of drug-likeness (QED) is 0.864. The van der Waals surface area contributed by atoms with Crippen molar-refractivity contribution in [3.63, 3.8) is 0 Å². The molecule has 0 spiro atoms. The second-order valence-corrected chi connectivity index (χ2v) is 5.60. The zero-order valence-electron chi connectivity index (χ0n) is 12.2. The lowest BCUT2D eigenvalue weighted by molar-refractivity contribution is 0.0695. The second kappa shape index (κ2) is 6.70. The number of aromatic nitrogens is 1. The number of rotatable bonds is 5. The first-order chi connectivity index (χ1) is 9.56. The summed E-state index contributed by atoms with van der Waals surface area (Å²) in [7, 11) is 2.17. The lowest BCUT2D eigenvalue weighted by Gasteiger charge is -2.28. The van der Waals surface area contributed by atoms with Crippen molar-refractivity contribution in [2.24, 2.45) is 5.92 Å². The normalized spacial score (nSPS) is 17.1. The van der Waals surface area contributed by atoms with Gasteiger partial charge in [-0.25, -0.2) is 9.78 Å². The molecule has 5 heteroatoms. The first-order valence-corrected chi connectivity index (χ1v) is 7.19. The highest BCUT2D eigenvalue weighted by atomic mass is 16.4. The molecule has 0 saturated carbocycles. The SMILES string of the molecule is Cc1nc(NCCC2CCN(C)CC2)ccc1C(=O)O. The molecule has 2 rings (SSSR count). The van der Waals surface area contributed by atoms with Gasteiger partial charge in [0.1, 0.15) is 5.82 Å². The lowest BCUT2D eigenvalue weighted by atomic mass is 9.94. The number of nitrogens with zero attached hydrogens (tertiary/aromatic N) is 2. The number of nitrogens with one attached hydrogen (secondary N) is 1. The van der Waals surface area contributed by atoms with Crippen molar-refractivity contribution >= 4 is 11.8 Å². The molecule has 1 fully saturated rings. The molecule has 2 heterocycles. The molecule has 0 unspecified atom stereocenters. The molecule has 1 saturated heterocycles. The van der Waals surface area contributed by atoms with Crippen molar-refractivity contribution in [2.75, 3.05) is 32.0 Å². The molecule has 1 aliphatic heterocycles. The van der Waals surface area contributed by atoms with E-state index in [1.54, 1.807) is 19.1 Å². The van der Waals surface area contributed by atoms with Crippen molar-refractivity contribution in [3.8, 4) is 0 Å². The Morgan fingerprint density at radius 1 is 1.45 bits per heavy atom. The molecule has 2 N–H and O–H groups in total. The number of carbonyl (C=O) groups is 1. The number of aromatic carboxylic acids is 1. The Morgan fingerprint density at radius 2 is 2.15 bits per heavy atom. The van der Waals surface area contributed by atoms with Gasteiger partial charge >= 0.3 is 5.97 Å². The maximum Gasteiger partial charge on any atom is 0.337 e. The fourth-order valence-electron chi connectivity index (χ4n) is 2.64. The fraction of sp³-hybridized carbons (Fsp3) is 0.600. The predicted octanol–water partition coefficient (Wildman–Crippen LogP) is 2.23. The van der Waals surface area contributed by atoms with Crippen molar-refractivity contribution in [3.05, 3.63) is 23.4 Å². The Labute approximate surface area is 120 Å². The van der Waals surface area contributed by atoms with Gasteiger partial charge in [0.25, 0.3) is 0 Å². The molecular formula is C15H23N3O2. The third-order valence-corrected chi connectivity index (χ3v) is 4.01. The number of piperidine rings is 1. The van der Waals surface area contributed by atoms with E-state index in [4.69, 9.17) is 5.11 Å². The van der Waals surface area contributed by atoms with Crippen LogP contribution in [-0.2, 0) is 0 Å². The Bertz CT molecular complexity index is 468. The van der Waals surface area contributed by atoms with E-state index in [9.17, 15) is 4.79 Å². The minimum Gasteiger partial charge on any atom is -0.478 e.